The summed E-state index contributed by atoms with van der Waals surface area (Å²) in [7, 11) is 1.58. The molecule has 0 saturated heterocycles. The number of hydrogen-bond acceptors (Lipinski definition) is 6. The Morgan fingerprint density at radius 3 is 2.39 bits per heavy atom. The molecule has 0 radical (unpaired) electrons. The van der Waals surface area contributed by atoms with Crippen LogP contribution in [-0.4, -0.2) is 42.9 Å². The number of aromatic nitrogens is 1. The highest BCUT2D eigenvalue weighted by molar-refractivity contribution is 6.03. The van der Waals surface area contributed by atoms with Gasteiger partial charge < -0.3 is 19.2 Å². The number of amides is 1. The van der Waals surface area contributed by atoms with E-state index >= 15 is 0 Å². The highest BCUT2D eigenvalue weighted by atomic mass is 16.5. The molecule has 2 rings (SSSR count). The highest BCUT2D eigenvalue weighted by Crippen LogP contribution is 2.20. The Kier molecular flexibility index (Phi) is 7.20. The Labute approximate surface area is 163 Å². The van der Waals surface area contributed by atoms with Gasteiger partial charge in [0.15, 0.2) is 6.61 Å². The van der Waals surface area contributed by atoms with Crippen molar-refractivity contribution in [3.05, 3.63) is 46.8 Å². The number of H-pyrrole nitrogens is 1. The van der Waals surface area contributed by atoms with E-state index in [2.05, 4.69) is 15.5 Å². The maximum Gasteiger partial charge on any atom is 0.340 e. The molecule has 150 valence electrons. The van der Waals surface area contributed by atoms with E-state index in [9.17, 15) is 9.59 Å². The average Bonchev–Trinajstić information content (AvgIpc) is 2.99. The number of nitrogens with zero attached hydrogens (tertiary/aromatic N) is 1. The molecule has 0 aliphatic carbocycles. The van der Waals surface area contributed by atoms with Crippen LogP contribution >= 0.6 is 0 Å². The molecule has 0 aliphatic rings. The molecule has 2 aromatic rings. The van der Waals surface area contributed by atoms with E-state index in [4.69, 9.17) is 14.2 Å². The number of carbonyl (C=O) groups is 2. The highest BCUT2D eigenvalue weighted by Gasteiger charge is 2.20. The van der Waals surface area contributed by atoms with Gasteiger partial charge in [0.05, 0.1) is 30.7 Å². The number of nitrogens with one attached hydrogen (secondary N) is 2. The molecule has 0 spiro atoms. The van der Waals surface area contributed by atoms with Gasteiger partial charge in [-0.25, -0.2) is 10.2 Å². The third-order valence-electron chi connectivity index (χ3n) is 4.06. The summed E-state index contributed by atoms with van der Waals surface area (Å²) in [6.07, 6.45) is 0. The van der Waals surface area contributed by atoms with Crippen molar-refractivity contribution in [3.8, 4) is 11.5 Å². The molecular weight excluding hydrogens is 362 g/mol. The summed E-state index contributed by atoms with van der Waals surface area (Å²) in [5.41, 5.74) is 5.55. The van der Waals surface area contributed by atoms with Crippen molar-refractivity contribution in [1.29, 1.82) is 0 Å². The number of esters is 1. The second-order valence-corrected chi connectivity index (χ2v) is 6.04. The first-order valence-electron chi connectivity index (χ1n) is 8.84. The fraction of sp³-hybridized carbons (Fsp3) is 0.350. The molecule has 1 amide bonds. The van der Waals surface area contributed by atoms with Crippen LogP contribution in [-0.2, 0) is 9.53 Å². The monoisotopic (exact) mass is 387 g/mol. The van der Waals surface area contributed by atoms with Crippen molar-refractivity contribution in [1.82, 2.24) is 10.4 Å². The maximum atomic E-state index is 12.1. The zero-order valence-electron chi connectivity index (χ0n) is 16.7. The van der Waals surface area contributed by atoms with E-state index in [1.165, 1.54) is 0 Å². The number of methoxy groups -OCH3 is 1. The first-order chi connectivity index (χ1) is 13.4. The largest absolute Gasteiger partial charge is 0.497 e. The van der Waals surface area contributed by atoms with Crippen LogP contribution in [0, 0.1) is 13.8 Å². The summed E-state index contributed by atoms with van der Waals surface area (Å²) in [6.45, 7) is 7.20. The predicted octanol–water partition coefficient (Wildman–Crippen LogP) is 2.74. The van der Waals surface area contributed by atoms with Crippen LogP contribution in [0.25, 0.3) is 0 Å². The van der Waals surface area contributed by atoms with Gasteiger partial charge >= 0.3 is 5.97 Å². The van der Waals surface area contributed by atoms with Gasteiger partial charge in [0.1, 0.15) is 11.5 Å². The van der Waals surface area contributed by atoms with Crippen LogP contribution in [0.15, 0.2) is 29.4 Å². The number of aromatic amines is 1. The van der Waals surface area contributed by atoms with Crippen molar-refractivity contribution in [2.45, 2.75) is 27.7 Å². The third-order valence-corrected chi connectivity index (χ3v) is 4.06. The Balaban J connectivity index is 1.98. The zero-order chi connectivity index (χ0) is 20.7. The molecular formula is C20H25N3O5. The van der Waals surface area contributed by atoms with Crippen molar-refractivity contribution in [2.75, 3.05) is 20.3 Å². The molecule has 0 bridgehead atoms. The first-order valence-corrected chi connectivity index (χ1v) is 8.84. The minimum atomic E-state index is -0.401. The van der Waals surface area contributed by atoms with E-state index in [0.717, 1.165) is 5.56 Å². The fourth-order valence-corrected chi connectivity index (χ4v) is 2.68. The van der Waals surface area contributed by atoms with Gasteiger partial charge in [-0.2, -0.15) is 5.10 Å². The predicted molar refractivity (Wildman–Crippen MR) is 105 cm³/mol. The SMILES string of the molecule is CCOC(=O)c1c(C)[nH]c(/C(C)=N/NC(=O)COc2ccc(OC)cc2)c1C. The minimum absolute atomic E-state index is 0.181. The molecule has 0 aliphatic heterocycles. The number of carbonyl (C=O) groups excluding carboxylic acids is 2. The lowest BCUT2D eigenvalue weighted by atomic mass is 10.1. The lowest BCUT2D eigenvalue weighted by Crippen LogP contribution is -2.25. The molecule has 2 N–H and O–H groups in total. The number of aryl methyl sites for hydroxylation is 1. The molecule has 0 atom stereocenters. The van der Waals surface area contributed by atoms with Crippen molar-refractivity contribution in [2.24, 2.45) is 5.10 Å². The van der Waals surface area contributed by atoms with Gasteiger partial charge in [0.2, 0.25) is 0 Å². The number of rotatable bonds is 8. The number of benzene rings is 1. The number of hydrogen-bond donors (Lipinski definition) is 2. The Morgan fingerprint density at radius 1 is 1.14 bits per heavy atom. The number of ether oxygens (including phenoxy) is 3. The van der Waals surface area contributed by atoms with Gasteiger partial charge in [0.25, 0.3) is 5.91 Å². The molecule has 1 aromatic carbocycles. The van der Waals surface area contributed by atoms with Crippen molar-refractivity contribution >= 4 is 17.6 Å². The summed E-state index contributed by atoms with van der Waals surface area (Å²) in [6, 6.07) is 6.91. The van der Waals surface area contributed by atoms with Crippen molar-refractivity contribution in [3.63, 3.8) is 0 Å². The Hall–Kier alpha value is -3.29. The van der Waals surface area contributed by atoms with Crippen LogP contribution < -0.4 is 14.9 Å². The van der Waals surface area contributed by atoms with Crippen LogP contribution in [0.2, 0.25) is 0 Å². The first kappa shape index (κ1) is 21.0. The normalized spacial score (nSPS) is 11.1. The Morgan fingerprint density at radius 2 is 1.79 bits per heavy atom. The topological polar surface area (TPSA) is 102 Å². The van der Waals surface area contributed by atoms with E-state index < -0.39 is 5.91 Å². The summed E-state index contributed by atoms with van der Waals surface area (Å²) in [5.74, 6) is 0.467. The lowest BCUT2D eigenvalue weighted by Gasteiger charge is -2.07. The minimum Gasteiger partial charge on any atom is -0.497 e. The second kappa shape index (κ2) is 9.59. The quantitative estimate of drug-likeness (QED) is 0.412. The number of hydrazone groups is 1. The van der Waals surface area contributed by atoms with Crippen LogP contribution in [0.5, 0.6) is 11.5 Å². The van der Waals surface area contributed by atoms with Crippen LogP contribution in [0.1, 0.15) is 41.2 Å². The lowest BCUT2D eigenvalue weighted by molar-refractivity contribution is -0.123. The molecule has 1 aromatic heterocycles. The third kappa shape index (κ3) is 5.12. The smallest absolute Gasteiger partial charge is 0.340 e. The summed E-state index contributed by atoms with van der Waals surface area (Å²) in [4.78, 5) is 27.2. The molecule has 1 heterocycles. The summed E-state index contributed by atoms with van der Waals surface area (Å²) >= 11 is 0. The van der Waals surface area contributed by atoms with E-state index in [0.29, 0.717) is 40.8 Å². The van der Waals surface area contributed by atoms with Gasteiger partial charge in [-0.3, -0.25) is 4.79 Å². The average molecular weight is 387 g/mol. The molecule has 0 unspecified atom stereocenters. The Bertz CT molecular complexity index is 869. The second-order valence-electron chi connectivity index (χ2n) is 6.04. The molecule has 8 heteroatoms. The van der Waals surface area contributed by atoms with Crippen LogP contribution in [0.4, 0.5) is 0 Å². The fourth-order valence-electron chi connectivity index (χ4n) is 2.68. The van der Waals surface area contributed by atoms with Gasteiger partial charge in [0, 0.05) is 5.69 Å². The van der Waals surface area contributed by atoms with Crippen LogP contribution in [0.3, 0.4) is 0 Å². The van der Waals surface area contributed by atoms with Gasteiger partial charge in [-0.1, -0.05) is 0 Å². The van der Waals surface area contributed by atoms with E-state index in [-0.39, 0.29) is 12.6 Å². The standard InChI is InChI=1S/C20H25N3O5/c1-6-27-20(25)18-12(2)19(21-13(18)3)14(4)22-23-17(24)11-28-16-9-7-15(26-5)8-10-16/h7-10,21H,6,11H2,1-5H3,(H,23,24)/b22-14+. The zero-order valence-corrected chi connectivity index (χ0v) is 16.7. The van der Waals surface area contributed by atoms with Crippen molar-refractivity contribution < 1.29 is 23.8 Å². The van der Waals surface area contributed by atoms with E-state index in [1.807, 2.05) is 0 Å². The summed E-state index contributed by atoms with van der Waals surface area (Å²) in [5, 5.41) is 4.09. The molecule has 8 nitrogen and oxygen atoms in total. The summed E-state index contributed by atoms with van der Waals surface area (Å²) < 4.78 is 15.5. The van der Waals surface area contributed by atoms with Gasteiger partial charge in [-0.15, -0.1) is 0 Å². The molecule has 28 heavy (non-hydrogen) atoms. The van der Waals surface area contributed by atoms with E-state index in [1.54, 1.807) is 59.1 Å². The molecule has 0 fully saturated rings. The van der Waals surface area contributed by atoms with Gasteiger partial charge in [-0.05, 0) is 57.5 Å². The molecule has 0 saturated carbocycles. The maximum absolute atomic E-state index is 12.1.